The van der Waals surface area contributed by atoms with E-state index in [0.29, 0.717) is 23.6 Å². The van der Waals surface area contributed by atoms with Gasteiger partial charge in [-0.15, -0.1) is 0 Å². The van der Waals surface area contributed by atoms with Gasteiger partial charge in [0.05, 0.1) is 11.9 Å². The van der Waals surface area contributed by atoms with Crippen molar-refractivity contribution in [2.75, 3.05) is 31.5 Å². The minimum atomic E-state index is -0.557. The number of nitrogens with one attached hydrogen (secondary N) is 1. The first-order chi connectivity index (χ1) is 11.2. The Morgan fingerprint density at radius 1 is 1.22 bits per heavy atom. The lowest BCUT2D eigenvalue weighted by atomic mass is 9.90. The number of rotatable bonds is 1. The zero-order chi connectivity index (χ0) is 15.8. The molecule has 0 saturated carbocycles. The van der Waals surface area contributed by atoms with Crippen molar-refractivity contribution in [3.05, 3.63) is 24.5 Å². The summed E-state index contributed by atoms with van der Waals surface area (Å²) in [6.07, 6.45) is 7.01. The van der Waals surface area contributed by atoms with Crippen molar-refractivity contribution >= 4 is 17.5 Å². The number of fused-ring (bicyclic) bond motifs is 3. The smallest absolute Gasteiger partial charge is 0.313 e. The summed E-state index contributed by atoms with van der Waals surface area (Å²) in [7, 11) is 0. The summed E-state index contributed by atoms with van der Waals surface area (Å²) in [6.45, 7) is 3.73. The molecule has 3 aliphatic rings. The number of hydrogen-bond acceptors (Lipinski definition) is 4. The summed E-state index contributed by atoms with van der Waals surface area (Å²) >= 11 is 0. The zero-order valence-corrected chi connectivity index (χ0v) is 13.1. The van der Waals surface area contributed by atoms with E-state index in [2.05, 4.69) is 15.2 Å². The van der Waals surface area contributed by atoms with E-state index in [-0.39, 0.29) is 0 Å². The molecule has 3 fully saturated rings. The van der Waals surface area contributed by atoms with E-state index in [9.17, 15) is 9.59 Å². The second-order valence-corrected chi connectivity index (χ2v) is 6.89. The van der Waals surface area contributed by atoms with Crippen LogP contribution in [0.1, 0.15) is 19.3 Å². The van der Waals surface area contributed by atoms with E-state index in [1.807, 2.05) is 0 Å². The molecule has 0 aliphatic carbocycles. The van der Waals surface area contributed by atoms with Crippen LogP contribution in [-0.2, 0) is 9.59 Å². The number of carbonyl (C=O) groups excluding carboxylic acids is 2. The Morgan fingerprint density at radius 2 is 2.13 bits per heavy atom. The monoisotopic (exact) mass is 314 g/mol. The first-order valence-corrected chi connectivity index (χ1v) is 8.47. The van der Waals surface area contributed by atoms with Crippen LogP contribution in [0, 0.1) is 11.8 Å². The van der Waals surface area contributed by atoms with Crippen molar-refractivity contribution in [3.8, 4) is 0 Å². The standard InChI is InChI=1S/C17H22N4O2/c22-16(19-13-4-3-6-18-8-13)17(23)21-10-12-9-20-7-2-1-5-15(20)14(12)11-21/h3-4,6,8,12,14-15H,1-2,5,7,9-11H2,(H,19,22)/t12-,14-,15+/m0/s1. The van der Waals surface area contributed by atoms with Crippen molar-refractivity contribution in [2.24, 2.45) is 11.8 Å². The molecule has 3 saturated heterocycles. The van der Waals surface area contributed by atoms with Gasteiger partial charge < -0.3 is 10.2 Å². The lowest BCUT2D eigenvalue weighted by Crippen LogP contribution is -2.43. The molecule has 0 spiro atoms. The first kappa shape index (κ1) is 14.6. The molecule has 0 bridgehead atoms. The largest absolute Gasteiger partial charge is 0.334 e. The topological polar surface area (TPSA) is 65.5 Å². The van der Waals surface area contributed by atoms with Crippen molar-refractivity contribution in [2.45, 2.75) is 25.3 Å². The predicted octanol–water partition coefficient (Wildman–Crippen LogP) is 0.963. The molecule has 1 aromatic heterocycles. The number of amides is 2. The zero-order valence-electron chi connectivity index (χ0n) is 13.1. The number of pyridine rings is 1. The molecule has 2 amide bonds. The molecule has 4 rings (SSSR count). The van der Waals surface area contributed by atoms with Gasteiger partial charge in [0.25, 0.3) is 0 Å². The Labute approximate surface area is 135 Å². The van der Waals surface area contributed by atoms with Crippen LogP contribution in [0.2, 0.25) is 0 Å². The van der Waals surface area contributed by atoms with Gasteiger partial charge in [-0.05, 0) is 43.4 Å². The third-order valence-electron chi connectivity index (χ3n) is 5.52. The second-order valence-electron chi connectivity index (χ2n) is 6.89. The van der Waals surface area contributed by atoms with Crippen molar-refractivity contribution in [1.29, 1.82) is 0 Å². The fraction of sp³-hybridized carbons (Fsp3) is 0.588. The minimum Gasteiger partial charge on any atom is -0.334 e. The highest BCUT2D eigenvalue weighted by molar-refractivity contribution is 6.39. The Bertz CT molecular complexity index is 606. The summed E-state index contributed by atoms with van der Waals surface area (Å²) < 4.78 is 0. The van der Waals surface area contributed by atoms with Gasteiger partial charge in [-0.25, -0.2) is 0 Å². The lowest BCUT2D eigenvalue weighted by Gasteiger charge is -2.33. The number of aromatic nitrogens is 1. The molecule has 23 heavy (non-hydrogen) atoms. The van der Waals surface area contributed by atoms with Gasteiger partial charge in [0.1, 0.15) is 0 Å². The van der Waals surface area contributed by atoms with Crippen LogP contribution in [0.5, 0.6) is 0 Å². The highest BCUT2D eigenvalue weighted by Gasteiger charge is 2.48. The molecule has 6 heteroatoms. The quantitative estimate of drug-likeness (QED) is 0.784. The van der Waals surface area contributed by atoms with Gasteiger partial charge >= 0.3 is 11.8 Å². The van der Waals surface area contributed by atoms with Crippen molar-refractivity contribution in [3.63, 3.8) is 0 Å². The molecule has 3 atom stereocenters. The average Bonchev–Trinajstić information content (AvgIpc) is 3.12. The maximum Gasteiger partial charge on any atom is 0.313 e. The molecule has 3 aliphatic heterocycles. The van der Waals surface area contributed by atoms with E-state index in [0.717, 1.165) is 19.6 Å². The summed E-state index contributed by atoms with van der Waals surface area (Å²) in [4.78, 5) is 32.9. The number of piperidine rings is 1. The molecule has 1 aromatic rings. The fourth-order valence-electron chi connectivity index (χ4n) is 4.49. The Balaban J connectivity index is 1.38. The van der Waals surface area contributed by atoms with Gasteiger partial charge in [-0.3, -0.25) is 19.5 Å². The highest BCUT2D eigenvalue weighted by atomic mass is 16.2. The number of hydrogen-bond donors (Lipinski definition) is 1. The van der Waals surface area contributed by atoms with Crippen LogP contribution < -0.4 is 5.32 Å². The van der Waals surface area contributed by atoms with E-state index in [4.69, 9.17) is 0 Å². The fourth-order valence-corrected chi connectivity index (χ4v) is 4.49. The van der Waals surface area contributed by atoms with Crippen molar-refractivity contribution in [1.82, 2.24) is 14.8 Å². The third kappa shape index (κ3) is 2.72. The van der Waals surface area contributed by atoms with Gasteiger partial charge in [0.2, 0.25) is 0 Å². The third-order valence-corrected chi connectivity index (χ3v) is 5.52. The summed E-state index contributed by atoms with van der Waals surface area (Å²) in [5.41, 5.74) is 0.559. The summed E-state index contributed by atoms with van der Waals surface area (Å²) in [5.74, 6) is 0.114. The lowest BCUT2D eigenvalue weighted by molar-refractivity contribution is -0.142. The average molecular weight is 314 g/mol. The van der Waals surface area contributed by atoms with E-state index < -0.39 is 11.8 Å². The number of likely N-dealkylation sites (tertiary alicyclic amines) is 1. The van der Waals surface area contributed by atoms with Gasteiger partial charge in [-0.1, -0.05) is 6.42 Å². The maximum absolute atomic E-state index is 12.4. The van der Waals surface area contributed by atoms with E-state index in [1.54, 1.807) is 29.4 Å². The van der Waals surface area contributed by atoms with Gasteiger partial charge in [-0.2, -0.15) is 0 Å². The molecule has 6 nitrogen and oxygen atoms in total. The molecule has 122 valence electrons. The molecular formula is C17H22N4O2. The highest BCUT2D eigenvalue weighted by Crippen LogP contribution is 2.40. The summed E-state index contributed by atoms with van der Waals surface area (Å²) in [5, 5.41) is 2.64. The second kappa shape index (κ2) is 5.92. The van der Waals surface area contributed by atoms with Crippen LogP contribution in [0.4, 0.5) is 5.69 Å². The Morgan fingerprint density at radius 3 is 2.96 bits per heavy atom. The first-order valence-electron chi connectivity index (χ1n) is 8.47. The Hall–Kier alpha value is -1.95. The van der Waals surface area contributed by atoms with Crippen molar-refractivity contribution < 1.29 is 9.59 Å². The van der Waals surface area contributed by atoms with Crippen LogP contribution in [0.15, 0.2) is 24.5 Å². The number of nitrogens with zero attached hydrogens (tertiary/aromatic N) is 3. The number of anilines is 1. The van der Waals surface area contributed by atoms with Crippen LogP contribution in [0.25, 0.3) is 0 Å². The van der Waals surface area contributed by atoms with Gasteiger partial charge in [0, 0.05) is 31.9 Å². The normalized spacial score (nSPS) is 29.9. The number of carbonyl (C=O) groups is 2. The summed E-state index contributed by atoms with van der Waals surface area (Å²) in [6, 6.07) is 4.09. The molecule has 1 N–H and O–H groups in total. The molecule has 0 radical (unpaired) electrons. The van der Waals surface area contributed by atoms with E-state index in [1.165, 1.54) is 25.8 Å². The van der Waals surface area contributed by atoms with Crippen LogP contribution in [0.3, 0.4) is 0 Å². The molecule has 0 aromatic carbocycles. The van der Waals surface area contributed by atoms with Gasteiger partial charge in [0.15, 0.2) is 0 Å². The van der Waals surface area contributed by atoms with Crippen LogP contribution in [-0.4, -0.2) is 58.8 Å². The molecule has 0 unspecified atom stereocenters. The molecule has 4 heterocycles. The minimum absolute atomic E-state index is 0.411. The molecular weight excluding hydrogens is 292 g/mol. The Kier molecular flexibility index (Phi) is 3.77. The van der Waals surface area contributed by atoms with E-state index >= 15 is 0 Å². The maximum atomic E-state index is 12.4. The SMILES string of the molecule is O=C(Nc1cccnc1)C(=O)N1C[C@@H]2CN3CCCC[C@@H]3[C@H]2C1. The predicted molar refractivity (Wildman–Crippen MR) is 85.6 cm³/mol. The van der Waals surface area contributed by atoms with Crippen LogP contribution >= 0.6 is 0 Å².